The molecule has 0 aliphatic carbocycles. The first-order valence-corrected chi connectivity index (χ1v) is 10.2. The van der Waals surface area contributed by atoms with Crippen molar-refractivity contribution in [3.8, 4) is 0 Å². The number of halogens is 5. The Morgan fingerprint density at radius 1 is 1.15 bits per heavy atom. The number of carboxylic acid groups (broad SMARTS) is 1. The van der Waals surface area contributed by atoms with Crippen LogP contribution in [0, 0.1) is 0 Å². The number of carboxylic acids is 1. The smallest absolute Gasteiger partial charge is 0.417 e. The van der Waals surface area contributed by atoms with E-state index in [4.69, 9.17) is 5.11 Å². The number of hydrogen-bond donors (Lipinski definition) is 1. The average molecular weight is 496 g/mol. The van der Waals surface area contributed by atoms with Gasteiger partial charge in [0.2, 0.25) is 0 Å². The molecule has 1 N–H and O–H groups in total. The van der Waals surface area contributed by atoms with Crippen LogP contribution < -0.4 is 4.57 Å². The molecule has 0 amide bonds. The summed E-state index contributed by atoms with van der Waals surface area (Å²) < 4.78 is 66.9. The number of esters is 1. The van der Waals surface area contributed by atoms with Gasteiger partial charge in [0.15, 0.2) is 18.9 Å². The first-order valence-electron chi connectivity index (χ1n) is 10.2. The number of aryl methyl sites for hydroxylation is 1. The molecule has 0 aromatic carbocycles. The molecule has 1 aromatic heterocycles. The van der Waals surface area contributed by atoms with Gasteiger partial charge in [-0.05, 0) is 30.9 Å². The minimum Gasteiger partial charge on any atom is -0.481 e. The molecule has 0 aliphatic rings. The zero-order chi connectivity index (χ0) is 26.9. The standard InChI is InChI=1S/C15H15F3N2O2.C4H6F2O2.C4H10/c1-11(9-13(10-19-2)15(16,17)18)12-3-6-20(7-4-12)8-5-14(21)22;1-4(5,6)3(7)8-2;1-3-4-2/h3-4,6-7,9-10H,2,5,8H2,1H3;1-2H3;3-4H2,1-2H3/p+1. The molecule has 1 heterocycles. The van der Waals surface area contributed by atoms with Crippen molar-refractivity contribution in [3.63, 3.8) is 0 Å². The van der Waals surface area contributed by atoms with Crippen LogP contribution in [-0.4, -0.2) is 43.0 Å². The monoisotopic (exact) mass is 495 g/mol. The lowest BCUT2D eigenvalue weighted by molar-refractivity contribution is -0.696. The first kappa shape index (κ1) is 33.1. The van der Waals surface area contributed by atoms with Gasteiger partial charge in [0, 0.05) is 25.3 Å². The van der Waals surface area contributed by atoms with Crippen LogP contribution >= 0.6 is 0 Å². The normalized spacial score (nSPS) is 11.9. The molecule has 1 rings (SSSR count). The molecule has 0 unspecified atom stereocenters. The van der Waals surface area contributed by atoms with Gasteiger partial charge in [-0.15, -0.1) is 0 Å². The Labute approximate surface area is 196 Å². The minimum absolute atomic E-state index is 0.0230. The van der Waals surface area contributed by atoms with Crippen LogP contribution in [0.25, 0.3) is 5.57 Å². The van der Waals surface area contributed by atoms with E-state index in [2.05, 4.69) is 30.3 Å². The van der Waals surface area contributed by atoms with Gasteiger partial charge in [0.25, 0.3) is 0 Å². The van der Waals surface area contributed by atoms with E-state index in [-0.39, 0.29) is 6.42 Å². The number of aliphatic imine (C=N–C) groups is 1. The lowest BCUT2D eigenvalue weighted by Gasteiger charge is -2.08. The lowest BCUT2D eigenvalue weighted by Crippen LogP contribution is -2.33. The molecule has 34 heavy (non-hydrogen) atoms. The number of unbranched alkanes of at least 4 members (excludes halogenated alkanes) is 1. The van der Waals surface area contributed by atoms with Crippen LogP contribution in [0.1, 0.15) is 52.5 Å². The molecule has 6 nitrogen and oxygen atoms in total. The number of aliphatic carboxylic acids is 1. The van der Waals surface area contributed by atoms with Crippen molar-refractivity contribution in [1.82, 2.24) is 0 Å². The van der Waals surface area contributed by atoms with Gasteiger partial charge in [-0.25, -0.2) is 9.36 Å². The fourth-order valence-corrected chi connectivity index (χ4v) is 1.88. The van der Waals surface area contributed by atoms with Crippen LogP contribution in [0.4, 0.5) is 22.0 Å². The van der Waals surface area contributed by atoms with E-state index in [0.29, 0.717) is 30.8 Å². The first-order chi connectivity index (χ1) is 15.6. The molecule has 1 aromatic rings. The summed E-state index contributed by atoms with van der Waals surface area (Å²) in [5.41, 5.74) is 0.131. The Hall–Kier alpha value is -3.11. The van der Waals surface area contributed by atoms with Crippen molar-refractivity contribution in [2.24, 2.45) is 4.99 Å². The summed E-state index contributed by atoms with van der Waals surface area (Å²) in [6, 6.07) is 3.26. The maximum absolute atomic E-state index is 12.8. The fraction of sp³-hybridized carbons (Fsp3) is 0.478. The third-order valence-corrected chi connectivity index (χ3v) is 3.90. The van der Waals surface area contributed by atoms with Crippen LogP contribution in [0.2, 0.25) is 0 Å². The van der Waals surface area contributed by atoms with Gasteiger partial charge in [0.05, 0.1) is 12.7 Å². The zero-order valence-corrected chi connectivity index (χ0v) is 20.0. The molecular formula is C23H32F5N2O4+. The van der Waals surface area contributed by atoms with E-state index in [1.807, 2.05) is 0 Å². The SMILES string of the molecule is C=N/C=C(\C=C(/C)c1cc[n+](CCC(=O)O)cc1)C(F)(F)F.CCCC.COC(=O)C(C)(F)F. The molecule has 0 saturated carbocycles. The number of ether oxygens (including phenoxy) is 1. The summed E-state index contributed by atoms with van der Waals surface area (Å²) >= 11 is 0. The third kappa shape index (κ3) is 15.7. The number of nitrogens with zero attached hydrogens (tertiary/aromatic N) is 2. The van der Waals surface area contributed by atoms with Gasteiger partial charge >= 0.3 is 24.0 Å². The fourth-order valence-electron chi connectivity index (χ4n) is 1.88. The quantitative estimate of drug-likeness (QED) is 0.167. The Morgan fingerprint density at radius 3 is 1.94 bits per heavy atom. The number of pyridine rings is 1. The summed E-state index contributed by atoms with van der Waals surface area (Å²) in [5.74, 6) is -5.77. The van der Waals surface area contributed by atoms with Gasteiger partial charge in [-0.1, -0.05) is 26.7 Å². The van der Waals surface area contributed by atoms with Crippen LogP contribution in [-0.2, 0) is 20.9 Å². The van der Waals surface area contributed by atoms with Gasteiger partial charge in [-0.3, -0.25) is 9.79 Å². The lowest BCUT2D eigenvalue weighted by atomic mass is 10.1. The van der Waals surface area contributed by atoms with E-state index in [1.165, 1.54) is 12.8 Å². The molecule has 0 atom stereocenters. The predicted octanol–water partition coefficient (Wildman–Crippen LogP) is 5.62. The highest BCUT2D eigenvalue weighted by atomic mass is 19.4. The molecule has 0 bridgehead atoms. The van der Waals surface area contributed by atoms with Crippen LogP contribution in [0.15, 0.2) is 47.4 Å². The summed E-state index contributed by atoms with van der Waals surface area (Å²) in [5, 5.41) is 8.59. The highest BCUT2D eigenvalue weighted by molar-refractivity contribution is 5.76. The summed E-state index contributed by atoms with van der Waals surface area (Å²) in [7, 11) is 0.916. The molecule has 192 valence electrons. The third-order valence-electron chi connectivity index (χ3n) is 3.90. The zero-order valence-electron chi connectivity index (χ0n) is 20.0. The van der Waals surface area contributed by atoms with Gasteiger partial charge < -0.3 is 9.84 Å². The second-order valence-corrected chi connectivity index (χ2v) is 6.94. The number of methoxy groups -OCH3 is 1. The Morgan fingerprint density at radius 2 is 1.65 bits per heavy atom. The van der Waals surface area contributed by atoms with Crippen molar-refractivity contribution < 1.29 is 46.0 Å². The number of carbonyl (C=O) groups excluding carboxylic acids is 1. The Balaban J connectivity index is 0. The molecular weight excluding hydrogens is 463 g/mol. The van der Waals surface area contributed by atoms with Crippen molar-refractivity contribution >= 4 is 24.2 Å². The molecule has 0 fully saturated rings. The summed E-state index contributed by atoms with van der Waals surface area (Å²) in [6.07, 6.45) is 3.02. The van der Waals surface area contributed by atoms with Crippen molar-refractivity contribution in [2.45, 2.75) is 65.6 Å². The number of allylic oxidation sites excluding steroid dienone is 3. The predicted molar refractivity (Wildman–Crippen MR) is 119 cm³/mol. The maximum atomic E-state index is 12.8. The topological polar surface area (TPSA) is 79.8 Å². The van der Waals surface area contributed by atoms with Crippen molar-refractivity contribution in [3.05, 3.63) is 47.9 Å². The number of hydrogen-bond acceptors (Lipinski definition) is 4. The molecule has 0 saturated heterocycles. The van der Waals surface area contributed by atoms with Crippen molar-refractivity contribution in [2.75, 3.05) is 7.11 Å². The minimum atomic E-state index is -4.50. The van der Waals surface area contributed by atoms with Gasteiger partial charge in [0.1, 0.15) is 6.42 Å². The van der Waals surface area contributed by atoms with Crippen LogP contribution in [0.3, 0.4) is 0 Å². The highest BCUT2D eigenvalue weighted by Crippen LogP contribution is 2.29. The molecule has 11 heteroatoms. The van der Waals surface area contributed by atoms with E-state index >= 15 is 0 Å². The van der Waals surface area contributed by atoms with E-state index in [0.717, 1.165) is 13.2 Å². The number of alkyl halides is 5. The maximum Gasteiger partial charge on any atom is 0.417 e. The van der Waals surface area contributed by atoms with E-state index in [9.17, 15) is 31.5 Å². The highest BCUT2D eigenvalue weighted by Gasteiger charge is 2.33. The van der Waals surface area contributed by atoms with Crippen LogP contribution in [0.5, 0.6) is 0 Å². The average Bonchev–Trinajstić information content (AvgIpc) is 2.76. The number of rotatable bonds is 8. The molecule has 0 radical (unpaired) electrons. The largest absolute Gasteiger partial charge is 0.481 e. The van der Waals surface area contributed by atoms with E-state index < -0.39 is 29.6 Å². The van der Waals surface area contributed by atoms with Crippen molar-refractivity contribution in [1.29, 1.82) is 0 Å². The molecule has 0 aliphatic heterocycles. The Kier molecular flexibility index (Phi) is 16.0. The molecule has 0 spiro atoms. The summed E-state index contributed by atoms with van der Waals surface area (Å²) in [4.78, 5) is 23.5. The van der Waals surface area contributed by atoms with E-state index in [1.54, 1.807) is 36.0 Å². The Bertz CT molecular complexity index is 825. The number of aromatic nitrogens is 1. The van der Waals surface area contributed by atoms with Gasteiger partial charge in [-0.2, -0.15) is 22.0 Å². The summed E-state index contributed by atoms with van der Waals surface area (Å²) in [6.45, 7) is 9.73. The second-order valence-electron chi connectivity index (χ2n) is 6.94. The second kappa shape index (κ2) is 16.5. The number of carbonyl (C=O) groups is 2.